The van der Waals surface area contributed by atoms with Crippen molar-refractivity contribution in [3.63, 3.8) is 0 Å². The van der Waals surface area contributed by atoms with Gasteiger partial charge in [0.1, 0.15) is 0 Å². The average molecular weight is 229 g/mol. The SMILES string of the molecule is C=C(CNCc1noc(C)n1)c1ccccc1. The van der Waals surface area contributed by atoms with Crippen LogP contribution >= 0.6 is 0 Å². The summed E-state index contributed by atoms with van der Waals surface area (Å²) < 4.78 is 4.88. The van der Waals surface area contributed by atoms with Crippen molar-refractivity contribution in [1.82, 2.24) is 15.5 Å². The first-order chi connectivity index (χ1) is 8.25. The van der Waals surface area contributed by atoms with E-state index >= 15 is 0 Å². The summed E-state index contributed by atoms with van der Waals surface area (Å²) in [6.45, 7) is 7.10. The van der Waals surface area contributed by atoms with Crippen molar-refractivity contribution in [3.05, 3.63) is 54.2 Å². The van der Waals surface area contributed by atoms with Crippen LogP contribution in [0.3, 0.4) is 0 Å². The molecule has 1 N–H and O–H groups in total. The highest BCUT2D eigenvalue weighted by Gasteiger charge is 2.02. The predicted octanol–water partition coefficient (Wildman–Crippen LogP) is 2.18. The Morgan fingerprint density at radius 3 is 2.76 bits per heavy atom. The van der Waals surface area contributed by atoms with Crippen LogP contribution in [0.1, 0.15) is 17.3 Å². The van der Waals surface area contributed by atoms with Gasteiger partial charge in [-0.25, -0.2) is 0 Å². The number of nitrogens with zero attached hydrogens (tertiary/aromatic N) is 2. The van der Waals surface area contributed by atoms with Crippen LogP contribution in [0.5, 0.6) is 0 Å². The van der Waals surface area contributed by atoms with Crippen molar-refractivity contribution < 1.29 is 4.52 Å². The fourth-order valence-corrected chi connectivity index (χ4v) is 1.51. The lowest BCUT2D eigenvalue weighted by molar-refractivity contribution is 0.386. The van der Waals surface area contributed by atoms with Gasteiger partial charge in [-0.1, -0.05) is 42.1 Å². The molecule has 0 spiro atoms. The molecule has 0 aliphatic rings. The number of hydrogen-bond donors (Lipinski definition) is 1. The lowest BCUT2D eigenvalue weighted by Gasteiger charge is -2.05. The first-order valence-corrected chi connectivity index (χ1v) is 5.49. The molecular formula is C13H15N3O. The third-order valence-electron chi connectivity index (χ3n) is 2.37. The lowest BCUT2D eigenvalue weighted by Crippen LogP contribution is -2.16. The quantitative estimate of drug-likeness (QED) is 0.853. The first kappa shape index (κ1) is 11.5. The van der Waals surface area contributed by atoms with E-state index in [1.807, 2.05) is 30.3 Å². The molecule has 88 valence electrons. The van der Waals surface area contributed by atoms with Gasteiger partial charge < -0.3 is 9.84 Å². The van der Waals surface area contributed by atoms with E-state index in [4.69, 9.17) is 4.52 Å². The summed E-state index contributed by atoms with van der Waals surface area (Å²) in [6.07, 6.45) is 0. The van der Waals surface area contributed by atoms with Gasteiger partial charge in [-0.15, -0.1) is 0 Å². The fourth-order valence-electron chi connectivity index (χ4n) is 1.51. The Kier molecular flexibility index (Phi) is 3.67. The zero-order valence-corrected chi connectivity index (χ0v) is 9.81. The number of rotatable bonds is 5. The Labute approximate surface area is 100 Å². The van der Waals surface area contributed by atoms with Crippen LogP contribution in [0.4, 0.5) is 0 Å². The second kappa shape index (κ2) is 5.41. The summed E-state index contributed by atoms with van der Waals surface area (Å²) in [5.74, 6) is 1.26. The largest absolute Gasteiger partial charge is 0.340 e. The Bertz CT molecular complexity index is 490. The van der Waals surface area contributed by atoms with Crippen molar-refractivity contribution in [1.29, 1.82) is 0 Å². The third kappa shape index (κ3) is 3.26. The third-order valence-corrected chi connectivity index (χ3v) is 2.37. The molecule has 0 bridgehead atoms. The highest BCUT2D eigenvalue weighted by molar-refractivity contribution is 5.64. The molecule has 0 fully saturated rings. The van der Waals surface area contributed by atoms with Gasteiger partial charge in [-0.2, -0.15) is 4.98 Å². The van der Waals surface area contributed by atoms with Crippen molar-refractivity contribution >= 4 is 5.57 Å². The van der Waals surface area contributed by atoms with E-state index in [1.165, 1.54) is 0 Å². The van der Waals surface area contributed by atoms with E-state index in [0.717, 1.165) is 11.1 Å². The van der Waals surface area contributed by atoms with Gasteiger partial charge >= 0.3 is 0 Å². The number of hydrogen-bond acceptors (Lipinski definition) is 4. The molecule has 17 heavy (non-hydrogen) atoms. The van der Waals surface area contributed by atoms with E-state index in [1.54, 1.807) is 6.92 Å². The molecule has 0 radical (unpaired) electrons. The van der Waals surface area contributed by atoms with Gasteiger partial charge in [0.25, 0.3) is 0 Å². The molecule has 0 atom stereocenters. The summed E-state index contributed by atoms with van der Waals surface area (Å²) >= 11 is 0. The summed E-state index contributed by atoms with van der Waals surface area (Å²) in [4.78, 5) is 4.11. The highest BCUT2D eigenvalue weighted by atomic mass is 16.5. The van der Waals surface area contributed by atoms with Crippen LogP contribution in [0.15, 0.2) is 41.4 Å². The maximum Gasteiger partial charge on any atom is 0.223 e. The Morgan fingerprint density at radius 2 is 2.12 bits per heavy atom. The van der Waals surface area contributed by atoms with Gasteiger partial charge in [-0.05, 0) is 11.1 Å². The summed E-state index contributed by atoms with van der Waals surface area (Å²) in [5, 5.41) is 7.04. The van der Waals surface area contributed by atoms with Crippen LogP contribution in [0.25, 0.3) is 5.57 Å². The average Bonchev–Trinajstić information content (AvgIpc) is 2.76. The number of benzene rings is 1. The zero-order chi connectivity index (χ0) is 12.1. The summed E-state index contributed by atoms with van der Waals surface area (Å²) in [7, 11) is 0. The predicted molar refractivity (Wildman–Crippen MR) is 66.2 cm³/mol. The smallest absolute Gasteiger partial charge is 0.223 e. The second-order valence-electron chi connectivity index (χ2n) is 3.80. The molecule has 0 amide bonds. The molecule has 0 saturated carbocycles. The molecule has 4 nitrogen and oxygen atoms in total. The van der Waals surface area contributed by atoms with E-state index in [0.29, 0.717) is 24.8 Å². The molecule has 1 aromatic carbocycles. The molecule has 2 rings (SSSR count). The molecule has 1 heterocycles. The summed E-state index contributed by atoms with van der Waals surface area (Å²) in [6, 6.07) is 10.1. The van der Waals surface area contributed by atoms with Gasteiger partial charge in [-0.3, -0.25) is 0 Å². The fraction of sp³-hybridized carbons (Fsp3) is 0.231. The van der Waals surface area contributed by atoms with Gasteiger partial charge in [0.05, 0.1) is 6.54 Å². The molecular weight excluding hydrogens is 214 g/mol. The van der Waals surface area contributed by atoms with Crippen molar-refractivity contribution in [2.24, 2.45) is 0 Å². The Hall–Kier alpha value is -1.94. The minimum atomic E-state index is 0.587. The minimum absolute atomic E-state index is 0.587. The van der Waals surface area contributed by atoms with Crippen molar-refractivity contribution in [2.45, 2.75) is 13.5 Å². The van der Waals surface area contributed by atoms with Crippen LogP contribution in [-0.2, 0) is 6.54 Å². The minimum Gasteiger partial charge on any atom is -0.340 e. The van der Waals surface area contributed by atoms with Gasteiger partial charge in [0.2, 0.25) is 5.89 Å². The van der Waals surface area contributed by atoms with Crippen LogP contribution in [0.2, 0.25) is 0 Å². The van der Waals surface area contributed by atoms with E-state index < -0.39 is 0 Å². The Balaban J connectivity index is 1.81. The molecule has 0 saturated heterocycles. The molecule has 1 aromatic heterocycles. The molecule has 0 aliphatic heterocycles. The normalized spacial score (nSPS) is 10.4. The van der Waals surface area contributed by atoms with Gasteiger partial charge in [0.15, 0.2) is 5.82 Å². The first-order valence-electron chi connectivity index (χ1n) is 5.49. The van der Waals surface area contributed by atoms with Crippen LogP contribution in [-0.4, -0.2) is 16.7 Å². The highest BCUT2D eigenvalue weighted by Crippen LogP contribution is 2.10. The molecule has 4 heteroatoms. The number of nitrogens with one attached hydrogen (secondary N) is 1. The van der Waals surface area contributed by atoms with E-state index in [-0.39, 0.29) is 0 Å². The molecule has 2 aromatic rings. The Morgan fingerprint density at radius 1 is 1.35 bits per heavy atom. The summed E-state index contributed by atoms with van der Waals surface area (Å²) in [5.41, 5.74) is 2.19. The van der Waals surface area contributed by atoms with Crippen LogP contribution in [0, 0.1) is 6.92 Å². The van der Waals surface area contributed by atoms with Gasteiger partial charge in [0, 0.05) is 13.5 Å². The van der Waals surface area contributed by atoms with Crippen molar-refractivity contribution in [3.8, 4) is 0 Å². The van der Waals surface area contributed by atoms with E-state index in [2.05, 4.69) is 22.0 Å². The molecule has 0 aliphatic carbocycles. The maximum atomic E-state index is 4.88. The number of aromatic nitrogens is 2. The zero-order valence-electron chi connectivity index (χ0n) is 9.81. The maximum absolute atomic E-state index is 4.88. The standard InChI is InChI=1S/C13H15N3O/c1-10(12-6-4-3-5-7-12)8-14-9-13-15-11(2)17-16-13/h3-7,14H,1,8-9H2,2H3. The second-order valence-corrected chi connectivity index (χ2v) is 3.80. The lowest BCUT2D eigenvalue weighted by atomic mass is 10.1. The monoisotopic (exact) mass is 229 g/mol. The van der Waals surface area contributed by atoms with Crippen LogP contribution < -0.4 is 5.32 Å². The van der Waals surface area contributed by atoms with E-state index in [9.17, 15) is 0 Å². The van der Waals surface area contributed by atoms with Crippen molar-refractivity contribution in [2.75, 3.05) is 6.54 Å². The number of aryl methyl sites for hydroxylation is 1. The molecule has 0 unspecified atom stereocenters. The topological polar surface area (TPSA) is 51.0 Å².